The first-order valence-electron chi connectivity index (χ1n) is 9.93. The van der Waals surface area contributed by atoms with Crippen LogP contribution in [0.3, 0.4) is 0 Å². The third kappa shape index (κ3) is 5.54. The van der Waals surface area contributed by atoms with E-state index in [2.05, 4.69) is 39.8 Å². The zero-order valence-electron chi connectivity index (χ0n) is 17.4. The summed E-state index contributed by atoms with van der Waals surface area (Å²) in [4.78, 5) is 7.16. The van der Waals surface area contributed by atoms with Gasteiger partial charge in [0.2, 0.25) is 0 Å². The van der Waals surface area contributed by atoms with Crippen LogP contribution in [0.4, 0.5) is 11.4 Å². The van der Waals surface area contributed by atoms with Gasteiger partial charge in [0, 0.05) is 37.1 Å². The highest BCUT2D eigenvalue weighted by Crippen LogP contribution is 2.29. The average molecular weight is 399 g/mol. The fourth-order valence-electron chi connectivity index (χ4n) is 3.28. The number of benzene rings is 2. The molecule has 1 aliphatic heterocycles. The molecule has 2 N–H and O–H groups in total. The van der Waals surface area contributed by atoms with E-state index in [-0.39, 0.29) is 0 Å². The molecule has 0 amide bonds. The Morgan fingerprint density at radius 1 is 1.07 bits per heavy atom. The van der Waals surface area contributed by atoms with Gasteiger partial charge in [-0.1, -0.05) is 18.2 Å². The average Bonchev–Trinajstić information content (AvgIpc) is 2.78. The highest BCUT2D eigenvalue weighted by atomic mass is 16.5. The predicted octanol–water partition coefficient (Wildman–Crippen LogP) is 3.12. The molecule has 3 rings (SSSR count). The Balaban J connectivity index is 1.76. The lowest BCUT2D eigenvalue weighted by Gasteiger charge is -2.30. The number of aliphatic imine (C=N–C) groups is 1. The zero-order valence-corrected chi connectivity index (χ0v) is 17.4. The summed E-state index contributed by atoms with van der Waals surface area (Å²) >= 11 is 0. The molecule has 0 bridgehead atoms. The van der Waals surface area contributed by atoms with E-state index in [0.717, 1.165) is 44.5 Å². The van der Waals surface area contributed by atoms with E-state index in [9.17, 15) is 0 Å². The lowest BCUT2D eigenvalue weighted by atomic mass is 10.1. The van der Waals surface area contributed by atoms with Crippen LogP contribution in [0.15, 0.2) is 47.5 Å². The van der Waals surface area contributed by atoms with Crippen molar-refractivity contribution < 1.29 is 14.2 Å². The number of morpholine rings is 1. The number of nitrogens with zero attached hydrogens (tertiary/aromatic N) is 2. The number of para-hydroxylation sites is 1. The quantitative estimate of drug-likeness (QED) is 0.552. The fraction of sp³-hybridized carbons (Fsp3) is 0.409. The van der Waals surface area contributed by atoms with Crippen molar-refractivity contribution in [3.8, 4) is 11.5 Å². The zero-order chi connectivity index (χ0) is 20.5. The van der Waals surface area contributed by atoms with Gasteiger partial charge in [0.25, 0.3) is 0 Å². The minimum atomic E-state index is 0.580. The van der Waals surface area contributed by atoms with Crippen LogP contribution in [0.5, 0.6) is 11.5 Å². The number of hydrogen-bond acceptors (Lipinski definition) is 5. The van der Waals surface area contributed by atoms with Gasteiger partial charge in [-0.2, -0.15) is 0 Å². The van der Waals surface area contributed by atoms with E-state index in [1.54, 1.807) is 14.2 Å². The van der Waals surface area contributed by atoms with Gasteiger partial charge in [-0.3, -0.25) is 0 Å². The Hall–Kier alpha value is -2.93. The third-order valence-electron chi connectivity index (χ3n) is 4.74. The molecule has 0 spiro atoms. The van der Waals surface area contributed by atoms with Gasteiger partial charge < -0.3 is 29.7 Å². The third-order valence-corrected chi connectivity index (χ3v) is 4.74. The van der Waals surface area contributed by atoms with E-state index in [4.69, 9.17) is 19.2 Å². The van der Waals surface area contributed by atoms with Crippen LogP contribution in [-0.4, -0.2) is 53.0 Å². The number of hydrogen-bond donors (Lipinski definition) is 2. The van der Waals surface area contributed by atoms with Gasteiger partial charge in [0.05, 0.1) is 34.0 Å². The van der Waals surface area contributed by atoms with Crippen molar-refractivity contribution >= 4 is 17.3 Å². The molecule has 0 aromatic heterocycles. The summed E-state index contributed by atoms with van der Waals surface area (Å²) < 4.78 is 16.2. The Morgan fingerprint density at radius 2 is 1.83 bits per heavy atom. The van der Waals surface area contributed by atoms with Crippen molar-refractivity contribution in [3.63, 3.8) is 0 Å². The van der Waals surface area contributed by atoms with Crippen LogP contribution < -0.4 is 25.0 Å². The summed E-state index contributed by atoms with van der Waals surface area (Å²) in [7, 11) is 3.26. The second-order valence-electron chi connectivity index (χ2n) is 6.62. The van der Waals surface area contributed by atoms with Crippen molar-refractivity contribution in [1.82, 2.24) is 5.32 Å². The molecule has 1 heterocycles. The molecule has 0 radical (unpaired) electrons. The summed E-state index contributed by atoms with van der Waals surface area (Å²) in [6.07, 6.45) is 0. The second kappa shape index (κ2) is 10.6. The largest absolute Gasteiger partial charge is 0.493 e. The molecular formula is C22H30N4O3. The molecule has 1 fully saturated rings. The van der Waals surface area contributed by atoms with Gasteiger partial charge in [0.15, 0.2) is 17.5 Å². The lowest BCUT2D eigenvalue weighted by Crippen LogP contribution is -2.36. The van der Waals surface area contributed by atoms with E-state index in [1.807, 2.05) is 25.1 Å². The van der Waals surface area contributed by atoms with Gasteiger partial charge >= 0.3 is 0 Å². The molecule has 29 heavy (non-hydrogen) atoms. The summed E-state index contributed by atoms with van der Waals surface area (Å²) in [5.74, 6) is 2.09. The predicted molar refractivity (Wildman–Crippen MR) is 117 cm³/mol. The standard InChI is InChI=1S/C22H30N4O3/c1-4-23-22(25-18-9-10-20(27-2)21(15-18)28-3)24-16-17-7-5-6-8-19(17)26-11-13-29-14-12-26/h5-10,15H,4,11-14,16H2,1-3H3,(H2,23,24,25). The Labute approximate surface area is 172 Å². The molecular weight excluding hydrogens is 368 g/mol. The number of ether oxygens (including phenoxy) is 3. The smallest absolute Gasteiger partial charge is 0.196 e. The van der Waals surface area contributed by atoms with Crippen molar-refractivity contribution in [3.05, 3.63) is 48.0 Å². The maximum absolute atomic E-state index is 5.48. The number of anilines is 2. The minimum absolute atomic E-state index is 0.580. The normalized spacial score (nSPS) is 14.4. The molecule has 2 aromatic rings. The Morgan fingerprint density at radius 3 is 2.55 bits per heavy atom. The van der Waals surface area contributed by atoms with Crippen LogP contribution in [-0.2, 0) is 11.3 Å². The summed E-state index contributed by atoms with van der Waals surface area (Å²) in [6.45, 7) is 6.74. The molecule has 0 aliphatic carbocycles. The van der Waals surface area contributed by atoms with Crippen molar-refractivity contribution in [2.45, 2.75) is 13.5 Å². The van der Waals surface area contributed by atoms with Crippen molar-refractivity contribution in [1.29, 1.82) is 0 Å². The van der Waals surface area contributed by atoms with Gasteiger partial charge in [0.1, 0.15) is 0 Å². The van der Waals surface area contributed by atoms with E-state index in [1.165, 1.54) is 11.3 Å². The number of nitrogens with one attached hydrogen (secondary N) is 2. The number of rotatable bonds is 7. The lowest BCUT2D eigenvalue weighted by molar-refractivity contribution is 0.122. The molecule has 0 saturated carbocycles. The van der Waals surface area contributed by atoms with Gasteiger partial charge in [-0.05, 0) is 30.7 Å². The van der Waals surface area contributed by atoms with Crippen LogP contribution in [0.1, 0.15) is 12.5 Å². The summed E-state index contributed by atoms with van der Waals surface area (Å²) in [6, 6.07) is 14.1. The Bertz CT molecular complexity index is 819. The molecule has 1 saturated heterocycles. The first kappa shape index (κ1) is 20.8. The van der Waals surface area contributed by atoms with E-state index in [0.29, 0.717) is 18.0 Å². The van der Waals surface area contributed by atoms with Crippen molar-refractivity contribution in [2.75, 3.05) is 57.3 Å². The molecule has 0 atom stereocenters. The first-order valence-corrected chi connectivity index (χ1v) is 9.93. The topological polar surface area (TPSA) is 67.4 Å². The highest BCUT2D eigenvalue weighted by Gasteiger charge is 2.14. The summed E-state index contributed by atoms with van der Waals surface area (Å²) in [5.41, 5.74) is 3.30. The van der Waals surface area contributed by atoms with Crippen molar-refractivity contribution in [2.24, 2.45) is 4.99 Å². The fourth-order valence-corrected chi connectivity index (χ4v) is 3.28. The van der Waals surface area contributed by atoms with Crippen LogP contribution in [0, 0.1) is 0 Å². The molecule has 7 nitrogen and oxygen atoms in total. The first-order chi connectivity index (χ1) is 14.2. The number of guanidine groups is 1. The molecule has 1 aliphatic rings. The second-order valence-corrected chi connectivity index (χ2v) is 6.62. The van der Waals surface area contributed by atoms with Crippen LogP contribution >= 0.6 is 0 Å². The Kier molecular flexibility index (Phi) is 7.58. The maximum Gasteiger partial charge on any atom is 0.196 e. The van der Waals surface area contributed by atoms with Crippen LogP contribution in [0.2, 0.25) is 0 Å². The monoisotopic (exact) mass is 398 g/mol. The van der Waals surface area contributed by atoms with E-state index >= 15 is 0 Å². The molecule has 7 heteroatoms. The minimum Gasteiger partial charge on any atom is -0.493 e. The number of methoxy groups -OCH3 is 2. The maximum atomic E-state index is 5.48. The van der Waals surface area contributed by atoms with Gasteiger partial charge in [-0.25, -0.2) is 4.99 Å². The summed E-state index contributed by atoms with van der Waals surface area (Å²) in [5, 5.41) is 6.64. The van der Waals surface area contributed by atoms with E-state index < -0.39 is 0 Å². The SMILES string of the molecule is CCNC(=NCc1ccccc1N1CCOCC1)Nc1ccc(OC)c(OC)c1. The molecule has 0 unspecified atom stereocenters. The molecule has 2 aromatic carbocycles. The van der Waals surface area contributed by atoms with Crippen LogP contribution in [0.25, 0.3) is 0 Å². The van der Waals surface area contributed by atoms with Gasteiger partial charge in [-0.15, -0.1) is 0 Å². The molecule has 156 valence electrons. The highest BCUT2D eigenvalue weighted by molar-refractivity contribution is 5.94.